The molecular weight excluding hydrogens is 249 g/mol. The first-order valence-electron chi connectivity index (χ1n) is 4.59. The van der Waals surface area contributed by atoms with Crippen molar-refractivity contribution >= 4 is 22.9 Å². The Hall–Kier alpha value is -1.13. The Morgan fingerprint density at radius 2 is 2.31 bits per heavy atom. The molecule has 0 radical (unpaired) electrons. The molecule has 0 saturated heterocycles. The van der Waals surface area contributed by atoms with Crippen molar-refractivity contribution in [2.75, 3.05) is 7.11 Å². The molecule has 0 atom stereocenters. The molecule has 0 amide bonds. The minimum atomic E-state index is -0.375. The molecule has 0 fully saturated rings. The molecule has 0 spiro atoms. The number of aromatic nitrogens is 1. The van der Waals surface area contributed by atoms with Crippen LogP contribution in [-0.4, -0.2) is 12.1 Å². The largest absolute Gasteiger partial charge is 0.494 e. The van der Waals surface area contributed by atoms with E-state index in [-0.39, 0.29) is 11.6 Å². The van der Waals surface area contributed by atoms with Crippen LogP contribution in [0.2, 0.25) is 0 Å². The molecule has 1 heterocycles. The summed E-state index contributed by atoms with van der Waals surface area (Å²) in [5.41, 5.74) is 0.833. The third-order valence-corrected chi connectivity index (χ3v) is 3.58. The molecule has 84 valence electrons. The van der Waals surface area contributed by atoms with Gasteiger partial charge in [-0.25, -0.2) is 9.37 Å². The highest BCUT2D eigenvalue weighted by molar-refractivity contribution is 7.15. The lowest BCUT2D eigenvalue weighted by atomic mass is 10.2. The van der Waals surface area contributed by atoms with Gasteiger partial charge in [0.25, 0.3) is 0 Å². The summed E-state index contributed by atoms with van der Waals surface area (Å²) in [5, 5.41) is 0.814. The lowest BCUT2D eigenvalue weighted by Gasteiger charge is -2.03. The zero-order valence-electron chi connectivity index (χ0n) is 8.54. The fourth-order valence-electron chi connectivity index (χ4n) is 1.30. The van der Waals surface area contributed by atoms with Crippen molar-refractivity contribution in [1.29, 1.82) is 0 Å². The van der Waals surface area contributed by atoms with Crippen molar-refractivity contribution < 1.29 is 9.13 Å². The maximum atomic E-state index is 13.2. The molecule has 1 aromatic heterocycles. The molecule has 16 heavy (non-hydrogen) atoms. The number of ether oxygens (including phenoxy) is 1. The maximum absolute atomic E-state index is 13.2. The average Bonchev–Trinajstić information content (AvgIpc) is 2.78. The fraction of sp³-hybridized carbons (Fsp3) is 0.182. The first kappa shape index (κ1) is 11.4. The Morgan fingerprint density at radius 3 is 2.94 bits per heavy atom. The molecule has 2 aromatic rings. The molecule has 0 saturated carbocycles. The minimum absolute atomic E-state index is 0.222. The van der Waals surface area contributed by atoms with Crippen molar-refractivity contribution in [2.45, 2.75) is 5.88 Å². The van der Waals surface area contributed by atoms with E-state index in [4.69, 9.17) is 16.3 Å². The van der Waals surface area contributed by atoms with E-state index in [9.17, 15) is 4.39 Å². The topological polar surface area (TPSA) is 22.1 Å². The molecule has 5 heteroatoms. The molecule has 2 rings (SSSR count). The SMILES string of the molecule is COc1cc(-c2ncc(CCl)s2)ccc1F. The van der Waals surface area contributed by atoms with E-state index in [2.05, 4.69) is 4.98 Å². The molecule has 0 aliphatic heterocycles. The van der Waals surface area contributed by atoms with Crippen molar-refractivity contribution in [1.82, 2.24) is 4.98 Å². The third kappa shape index (κ3) is 2.18. The van der Waals surface area contributed by atoms with Gasteiger partial charge in [-0.3, -0.25) is 0 Å². The van der Waals surface area contributed by atoms with Gasteiger partial charge in [0, 0.05) is 16.6 Å². The highest BCUT2D eigenvalue weighted by Crippen LogP contribution is 2.29. The van der Waals surface area contributed by atoms with Crippen molar-refractivity contribution in [3.8, 4) is 16.3 Å². The molecule has 0 bridgehead atoms. The maximum Gasteiger partial charge on any atom is 0.165 e. The molecule has 0 aliphatic carbocycles. The Kier molecular flexibility index (Phi) is 3.41. The Morgan fingerprint density at radius 1 is 1.50 bits per heavy atom. The lowest BCUT2D eigenvalue weighted by Crippen LogP contribution is -1.88. The summed E-state index contributed by atoms with van der Waals surface area (Å²) in [7, 11) is 1.44. The van der Waals surface area contributed by atoms with Gasteiger partial charge in [0.15, 0.2) is 11.6 Å². The number of methoxy groups -OCH3 is 1. The number of benzene rings is 1. The Labute approximate surface area is 102 Å². The molecule has 2 nitrogen and oxygen atoms in total. The molecular formula is C11H9ClFNOS. The first-order chi connectivity index (χ1) is 7.74. The van der Waals surface area contributed by atoms with Gasteiger partial charge in [0.05, 0.1) is 13.0 Å². The van der Waals surface area contributed by atoms with Crippen molar-refractivity contribution in [3.63, 3.8) is 0 Å². The summed E-state index contributed by atoms with van der Waals surface area (Å²) < 4.78 is 18.1. The van der Waals surface area contributed by atoms with E-state index in [0.29, 0.717) is 5.88 Å². The predicted molar refractivity (Wildman–Crippen MR) is 63.6 cm³/mol. The van der Waals surface area contributed by atoms with Gasteiger partial charge in [0.1, 0.15) is 5.01 Å². The monoisotopic (exact) mass is 257 g/mol. The second kappa shape index (κ2) is 4.80. The minimum Gasteiger partial charge on any atom is -0.494 e. The van der Waals surface area contributed by atoms with Gasteiger partial charge in [-0.2, -0.15) is 0 Å². The number of rotatable bonds is 3. The summed E-state index contributed by atoms with van der Waals surface area (Å²) in [5.74, 6) is 0.288. The third-order valence-electron chi connectivity index (χ3n) is 2.08. The van der Waals surface area contributed by atoms with E-state index >= 15 is 0 Å². The van der Waals surface area contributed by atoms with E-state index in [1.165, 1.54) is 24.5 Å². The number of hydrogen-bond acceptors (Lipinski definition) is 3. The van der Waals surface area contributed by atoms with E-state index in [0.717, 1.165) is 15.4 Å². The predicted octanol–water partition coefficient (Wildman–Crippen LogP) is 3.70. The zero-order valence-corrected chi connectivity index (χ0v) is 10.1. The summed E-state index contributed by atoms with van der Waals surface area (Å²) in [6, 6.07) is 4.68. The summed E-state index contributed by atoms with van der Waals surface area (Å²) in [6.07, 6.45) is 1.73. The van der Waals surface area contributed by atoms with Gasteiger partial charge < -0.3 is 4.74 Å². The van der Waals surface area contributed by atoms with Crippen molar-refractivity contribution in [3.05, 3.63) is 35.1 Å². The summed E-state index contributed by atoms with van der Waals surface area (Å²) in [6.45, 7) is 0. The van der Waals surface area contributed by atoms with Crippen LogP contribution < -0.4 is 4.74 Å². The molecule has 0 N–H and O–H groups in total. The van der Waals surface area contributed by atoms with Gasteiger partial charge >= 0.3 is 0 Å². The standard InChI is InChI=1S/C11H9ClFNOS/c1-15-10-4-7(2-3-9(10)13)11-14-6-8(5-12)16-11/h2-4,6H,5H2,1H3. The number of halogens is 2. The Bertz CT molecular complexity index is 500. The van der Waals surface area contributed by atoms with Crippen LogP contribution in [0.4, 0.5) is 4.39 Å². The normalized spacial score (nSPS) is 10.4. The highest BCUT2D eigenvalue weighted by atomic mass is 35.5. The van der Waals surface area contributed by atoms with Gasteiger partial charge in [-0.15, -0.1) is 22.9 Å². The Balaban J connectivity index is 2.40. The van der Waals surface area contributed by atoms with Crippen LogP contribution in [0.3, 0.4) is 0 Å². The average molecular weight is 258 g/mol. The van der Waals surface area contributed by atoms with Crippen LogP contribution >= 0.6 is 22.9 Å². The summed E-state index contributed by atoms with van der Waals surface area (Å²) >= 11 is 7.19. The van der Waals surface area contributed by atoms with Gasteiger partial charge in [-0.05, 0) is 18.2 Å². The quantitative estimate of drug-likeness (QED) is 0.783. The summed E-state index contributed by atoms with van der Waals surface area (Å²) in [4.78, 5) is 5.20. The van der Waals surface area contributed by atoms with Gasteiger partial charge in [-0.1, -0.05) is 0 Å². The van der Waals surface area contributed by atoms with Crippen LogP contribution in [0.5, 0.6) is 5.75 Å². The lowest BCUT2D eigenvalue weighted by molar-refractivity contribution is 0.387. The van der Waals surface area contributed by atoms with Crippen LogP contribution in [0.1, 0.15) is 4.88 Å². The zero-order chi connectivity index (χ0) is 11.5. The van der Waals surface area contributed by atoms with E-state index < -0.39 is 0 Å². The second-order valence-electron chi connectivity index (χ2n) is 3.11. The van der Waals surface area contributed by atoms with Crippen LogP contribution in [0, 0.1) is 5.82 Å². The first-order valence-corrected chi connectivity index (χ1v) is 5.94. The number of hydrogen-bond donors (Lipinski definition) is 0. The molecule has 1 aromatic carbocycles. The molecule has 0 aliphatic rings. The van der Waals surface area contributed by atoms with Gasteiger partial charge in [0.2, 0.25) is 0 Å². The molecule has 0 unspecified atom stereocenters. The number of alkyl halides is 1. The van der Waals surface area contributed by atoms with Crippen LogP contribution in [0.25, 0.3) is 10.6 Å². The second-order valence-corrected chi connectivity index (χ2v) is 4.50. The number of thiazole rings is 1. The van der Waals surface area contributed by atoms with E-state index in [1.54, 1.807) is 18.3 Å². The smallest absolute Gasteiger partial charge is 0.165 e. The highest BCUT2D eigenvalue weighted by Gasteiger charge is 2.08. The van der Waals surface area contributed by atoms with Crippen molar-refractivity contribution in [2.24, 2.45) is 0 Å². The van der Waals surface area contributed by atoms with Crippen LogP contribution in [-0.2, 0) is 5.88 Å². The van der Waals surface area contributed by atoms with Crippen LogP contribution in [0.15, 0.2) is 24.4 Å². The number of nitrogens with zero attached hydrogens (tertiary/aromatic N) is 1. The van der Waals surface area contributed by atoms with E-state index in [1.807, 2.05) is 0 Å². The fourth-order valence-corrected chi connectivity index (χ4v) is 2.29.